The number of benzene rings is 1. The van der Waals surface area contributed by atoms with E-state index in [1.54, 1.807) is 0 Å². The summed E-state index contributed by atoms with van der Waals surface area (Å²) in [5.41, 5.74) is 3.65. The zero-order valence-electron chi connectivity index (χ0n) is 16.4. The van der Waals surface area contributed by atoms with Crippen molar-refractivity contribution in [1.29, 1.82) is 0 Å². The number of aromatic nitrogens is 1. The van der Waals surface area contributed by atoms with E-state index in [0.29, 0.717) is 0 Å². The van der Waals surface area contributed by atoms with Crippen molar-refractivity contribution in [1.82, 2.24) is 4.98 Å². The predicted molar refractivity (Wildman–Crippen MR) is 110 cm³/mol. The van der Waals surface area contributed by atoms with Gasteiger partial charge in [0.25, 0.3) is 0 Å². The number of ether oxygens (including phenoxy) is 1. The molecule has 1 fully saturated rings. The average molecular weight is 352 g/mol. The van der Waals surface area contributed by atoms with Gasteiger partial charge in [0, 0.05) is 5.56 Å². The number of aryl methyl sites for hydroxylation is 1. The van der Waals surface area contributed by atoms with Gasteiger partial charge in [-0.2, -0.15) is 0 Å². The number of nitrogens with zero attached hydrogens (tertiary/aromatic N) is 1. The first-order valence-corrected chi connectivity index (χ1v) is 10.5. The van der Waals surface area contributed by atoms with Crippen LogP contribution in [0.15, 0.2) is 42.6 Å². The summed E-state index contributed by atoms with van der Waals surface area (Å²) in [6.45, 7) is 5.21. The number of hydrogen-bond donors (Lipinski definition) is 0. The molecule has 0 amide bonds. The normalized spacial score (nSPS) is 20.1. The fourth-order valence-electron chi connectivity index (χ4n) is 4.10. The molecule has 0 saturated heterocycles. The van der Waals surface area contributed by atoms with E-state index in [9.17, 15) is 0 Å². The molecule has 2 atom stereocenters. The molecule has 2 aromatic rings. The molecule has 3 rings (SSSR count). The lowest BCUT2D eigenvalue weighted by molar-refractivity contribution is 0.250. The third-order valence-corrected chi connectivity index (χ3v) is 5.77. The van der Waals surface area contributed by atoms with Gasteiger partial charge in [-0.1, -0.05) is 63.8 Å². The molecule has 0 bridgehead atoms. The van der Waals surface area contributed by atoms with Gasteiger partial charge in [-0.25, -0.2) is 0 Å². The van der Waals surface area contributed by atoms with Crippen LogP contribution in [0, 0.1) is 11.8 Å². The average Bonchev–Trinajstić information content (AvgIpc) is 2.72. The summed E-state index contributed by atoms with van der Waals surface area (Å²) >= 11 is 0. The van der Waals surface area contributed by atoms with Crippen molar-refractivity contribution < 1.29 is 4.74 Å². The molecule has 26 heavy (non-hydrogen) atoms. The highest BCUT2D eigenvalue weighted by Gasteiger charge is 2.20. The van der Waals surface area contributed by atoms with E-state index in [1.165, 1.54) is 56.1 Å². The Hall–Kier alpha value is -1.83. The second-order valence-corrected chi connectivity index (χ2v) is 7.77. The van der Waals surface area contributed by atoms with Crippen LogP contribution in [0.2, 0.25) is 0 Å². The van der Waals surface area contributed by atoms with E-state index in [2.05, 4.69) is 43.1 Å². The Morgan fingerprint density at radius 1 is 1.00 bits per heavy atom. The highest BCUT2D eigenvalue weighted by atomic mass is 16.5. The van der Waals surface area contributed by atoms with Crippen molar-refractivity contribution in [3.8, 4) is 17.0 Å². The third-order valence-electron chi connectivity index (χ3n) is 5.77. The summed E-state index contributed by atoms with van der Waals surface area (Å²) in [4.78, 5) is 4.54. The number of hydrogen-bond acceptors (Lipinski definition) is 2. The summed E-state index contributed by atoms with van der Waals surface area (Å²) in [5.74, 6) is 2.77. The van der Waals surface area contributed by atoms with Crippen LogP contribution >= 0.6 is 0 Å². The lowest BCUT2D eigenvalue weighted by Crippen LogP contribution is -2.15. The molecule has 2 heteroatoms. The second kappa shape index (κ2) is 9.75. The Labute approximate surface area is 159 Å². The summed E-state index contributed by atoms with van der Waals surface area (Å²) in [6.07, 6.45) is 12.5. The summed E-state index contributed by atoms with van der Waals surface area (Å²) in [7, 11) is 0. The predicted octanol–water partition coefficient (Wildman–Crippen LogP) is 6.69. The fraction of sp³-hybridized carbons (Fsp3) is 0.542. The van der Waals surface area contributed by atoms with Crippen LogP contribution in [-0.2, 0) is 6.42 Å². The molecule has 1 aliphatic rings. The molecule has 0 aliphatic heterocycles. The number of pyridine rings is 1. The largest absolute Gasteiger partial charge is 0.492 e. The first-order valence-electron chi connectivity index (χ1n) is 10.5. The number of rotatable bonds is 8. The van der Waals surface area contributed by atoms with E-state index in [1.807, 2.05) is 18.3 Å². The second-order valence-electron chi connectivity index (χ2n) is 7.77. The van der Waals surface area contributed by atoms with Crippen LogP contribution in [0.5, 0.6) is 5.75 Å². The van der Waals surface area contributed by atoms with E-state index in [0.717, 1.165) is 36.3 Å². The van der Waals surface area contributed by atoms with E-state index < -0.39 is 0 Å². The van der Waals surface area contributed by atoms with Gasteiger partial charge in [0.2, 0.25) is 0 Å². The summed E-state index contributed by atoms with van der Waals surface area (Å²) in [6, 6.07) is 13.0. The molecule has 1 aromatic heterocycles. The van der Waals surface area contributed by atoms with Gasteiger partial charge in [-0.3, -0.25) is 4.98 Å². The molecule has 1 aromatic carbocycles. The van der Waals surface area contributed by atoms with Gasteiger partial charge >= 0.3 is 0 Å². The molecular weight excluding hydrogens is 318 g/mol. The van der Waals surface area contributed by atoms with Crippen molar-refractivity contribution in [2.24, 2.45) is 11.8 Å². The van der Waals surface area contributed by atoms with Gasteiger partial charge in [0.05, 0.1) is 18.5 Å². The smallest absolute Gasteiger partial charge is 0.137 e. The molecular formula is C24H33NO. The Kier molecular flexibility index (Phi) is 7.11. The topological polar surface area (TPSA) is 22.1 Å². The summed E-state index contributed by atoms with van der Waals surface area (Å²) in [5, 5.41) is 0. The minimum atomic E-state index is 0.746. The SMILES string of the molecule is CCCOc1ccc(-c2ccc(CCC3CCCC(CC)C3)cc2)nc1. The van der Waals surface area contributed by atoms with E-state index >= 15 is 0 Å². The molecule has 1 heterocycles. The van der Waals surface area contributed by atoms with Crippen molar-refractivity contribution in [2.75, 3.05) is 6.61 Å². The minimum absolute atomic E-state index is 0.746. The van der Waals surface area contributed by atoms with Crippen LogP contribution in [0.1, 0.15) is 64.4 Å². The molecule has 0 spiro atoms. The van der Waals surface area contributed by atoms with Crippen molar-refractivity contribution in [3.63, 3.8) is 0 Å². The molecule has 0 radical (unpaired) electrons. The van der Waals surface area contributed by atoms with Crippen molar-refractivity contribution in [3.05, 3.63) is 48.2 Å². The quantitative estimate of drug-likeness (QED) is 0.529. The minimum Gasteiger partial charge on any atom is -0.492 e. The van der Waals surface area contributed by atoms with Gasteiger partial charge in [-0.15, -0.1) is 0 Å². The van der Waals surface area contributed by atoms with Crippen LogP contribution in [0.3, 0.4) is 0 Å². The molecule has 1 aliphatic carbocycles. The first kappa shape index (κ1) is 18.9. The van der Waals surface area contributed by atoms with Crippen LogP contribution in [-0.4, -0.2) is 11.6 Å². The van der Waals surface area contributed by atoms with E-state index in [-0.39, 0.29) is 0 Å². The van der Waals surface area contributed by atoms with E-state index in [4.69, 9.17) is 4.74 Å². The Bertz CT molecular complexity index is 647. The first-order chi connectivity index (χ1) is 12.8. The Morgan fingerprint density at radius 3 is 2.50 bits per heavy atom. The lowest BCUT2D eigenvalue weighted by atomic mass is 9.78. The zero-order valence-corrected chi connectivity index (χ0v) is 16.4. The molecule has 140 valence electrons. The third kappa shape index (κ3) is 5.33. The van der Waals surface area contributed by atoms with Crippen LogP contribution < -0.4 is 4.74 Å². The summed E-state index contributed by atoms with van der Waals surface area (Å²) < 4.78 is 5.61. The zero-order chi connectivity index (χ0) is 18.2. The van der Waals surface area contributed by atoms with Crippen LogP contribution in [0.25, 0.3) is 11.3 Å². The van der Waals surface area contributed by atoms with Crippen molar-refractivity contribution >= 4 is 0 Å². The molecule has 2 nitrogen and oxygen atoms in total. The monoisotopic (exact) mass is 351 g/mol. The Morgan fingerprint density at radius 2 is 1.81 bits per heavy atom. The van der Waals surface area contributed by atoms with Gasteiger partial charge in [0.1, 0.15) is 5.75 Å². The van der Waals surface area contributed by atoms with Crippen molar-refractivity contribution in [2.45, 2.75) is 65.2 Å². The maximum Gasteiger partial charge on any atom is 0.137 e. The lowest BCUT2D eigenvalue weighted by Gasteiger charge is -2.28. The van der Waals surface area contributed by atoms with Gasteiger partial charge in [0.15, 0.2) is 0 Å². The van der Waals surface area contributed by atoms with Crippen LogP contribution in [0.4, 0.5) is 0 Å². The Balaban J connectivity index is 1.53. The molecule has 2 unspecified atom stereocenters. The maximum absolute atomic E-state index is 5.61. The van der Waals surface area contributed by atoms with Gasteiger partial charge in [-0.05, 0) is 55.2 Å². The maximum atomic E-state index is 5.61. The highest BCUT2D eigenvalue weighted by Crippen LogP contribution is 2.33. The molecule has 1 saturated carbocycles. The molecule has 0 N–H and O–H groups in total. The fourth-order valence-corrected chi connectivity index (χ4v) is 4.10. The van der Waals surface area contributed by atoms with Gasteiger partial charge < -0.3 is 4.74 Å². The standard InChI is InChI=1S/C24H33NO/c1-3-16-26-23-14-15-24(25-18-23)22-12-10-20(11-13-22)8-9-21-7-5-6-19(4-2)17-21/h10-15,18-19,21H,3-9,16-17H2,1-2H3. The highest BCUT2D eigenvalue weighted by molar-refractivity contribution is 5.59.